The maximum atomic E-state index is 12.1. The van der Waals surface area contributed by atoms with E-state index in [1.54, 1.807) is 13.8 Å². The van der Waals surface area contributed by atoms with E-state index in [0.717, 1.165) is 5.56 Å². The number of hydrogen-bond acceptors (Lipinski definition) is 4. The zero-order chi connectivity index (χ0) is 15.6. The Labute approximate surface area is 122 Å². The molecule has 1 aromatic rings. The average Bonchev–Trinajstić information content (AvgIpc) is 2.46. The fourth-order valence-electron chi connectivity index (χ4n) is 2.64. The number of ether oxygens (including phenoxy) is 1. The molecule has 0 saturated carbocycles. The molecule has 5 heteroatoms. The summed E-state index contributed by atoms with van der Waals surface area (Å²) < 4.78 is 4.82. The Morgan fingerprint density at radius 2 is 1.67 bits per heavy atom. The number of benzene rings is 1. The van der Waals surface area contributed by atoms with Gasteiger partial charge in [-0.15, -0.1) is 0 Å². The Kier molecular flexibility index (Phi) is 4.12. The van der Waals surface area contributed by atoms with Gasteiger partial charge in [0.2, 0.25) is 0 Å². The highest BCUT2D eigenvalue weighted by atomic mass is 16.5. The number of esters is 1. The van der Waals surface area contributed by atoms with Crippen molar-refractivity contribution < 1.29 is 19.4 Å². The summed E-state index contributed by atoms with van der Waals surface area (Å²) in [6.45, 7) is 3.43. The molecule has 21 heavy (non-hydrogen) atoms. The molecule has 1 aliphatic rings. The van der Waals surface area contributed by atoms with E-state index in [9.17, 15) is 14.7 Å². The highest BCUT2D eigenvalue weighted by molar-refractivity contribution is 5.99. The fraction of sp³-hybridized carbons (Fsp3) is 0.250. The van der Waals surface area contributed by atoms with E-state index >= 15 is 0 Å². The summed E-state index contributed by atoms with van der Waals surface area (Å²) in [5, 5.41) is 12.5. The molecule has 0 saturated heterocycles. The Morgan fingerprint density at radius 1 is 1.10 bits per heavy atom. The monoisotopic (exact) mass is 287 g/mol. The van der Waals surface area contributed by atoms with Gasteiger partial charge in [-0.05, 0) is 19.4 Å². The van der Waals surface area contributed by atoms with Gasteiger partial charge in [0.15, 0.2) is 0 Å². The number of dihydropyridines is 1. The average molecular weight is 287 g/mol. The fourth-order valence-corrected chi connectivity index (χ4v) is 2.64. The van der Waals surface area contributed by atoms with Crippen LogP contribution in [0.3, 0.4) is 0 Å². The predicted molar refractivity (Wildman–Crippen MR) is 77.4 cm³/mol. The van der Waals surface area contributed by atoms with Gasteiger partial charge >= 0.3 is 11.9 Å². The quantitative estimate of drug-likeness (QED) is 0.833. The van der Waals surface area contributed by atoms with Crippen LogP contribution in [0.2, 0.25) is 0 Å². The van der Waals surface area contributed by atoms with Crippen molar-refractivity contribution in [2.24, 2.45) is 0 Å². The summed E-state index contributed by atoms with van der Waals surface area (Å²) in [6, 6.07) is 9.09. The Balaban J connectivity index is 2.66. The molecule has 110 valence electrons. The maximum Gasteiger partial charge on any atom is 0.336 e. The second-order valence-electron chi connectivity index (χ2n) is 4.84. The van der Waals surface area contributed by atoms with E-state index < -0.39 is 17.9 Å². The normalized spacial score (nSPS) is 18.3. The highest BCUT2D eigenvalue weighted by Crippen LogP contribution is 2.38. The van der Waals surface area contributed by atoms with Crippen LogP contribution in [-0.2, 0) is 14.3 Å². The molecule has 1 aromatic carbocycles. The lowest BCUT2D eigenvalue weighted by atomic mass is 9.80. The molecule has 0 amide bonds. The molecule has 2 rings (SSSR count). The number of rotatable bonds is 3. The van der Waals surface area contributed by atoms with Crippen LogP contribution in [0.4, 0.5) is 0 Å². The van der Waals surface area contributed by atoms with Crippen molar-refractivity contribution in [3.8, 4) is 0 Å². The molecule has 0 unspecified atom stereocenters. The Morgan fingerprint density at radius 3 is 2.19 bits per heavy atom. The van der Waals surface area contributed by atoms with E-state index in [1.807, 2.05) is 30.3 Å². The first-order valence-corrected chi connectivity index (χ1v) is 6.52. The van der Waals surface area contributed by atoms with Gasteiger partial charge in [0.25, 0.3) is 0 Å². The third kappa shape index (κ3) is 2.67. The Hall–Kier alpha value is -2.56. The molecule has 0 radical (unpaired) electrons. The standard InChI is InChI=1S/C16H17NO4/c1-9-12(15(18)19)14(11-7-5-4-6-8-11)13(10(2)17-9)16(20)21-3/h4-8,14,17H,1-3H3,(H,18,19)/t14-/m1/s1. The van der Waals surface area contributed by atoms with Crippen molar-refractivity contribution in [3.05, 3.63) is 58.4 Å². The summed E-state index contributed by atoms with van der Waals surface area (Å²) in [5.41, 5.74) is 2.37. The summed E-state index contributed by atoms with van der Waals surface area (Å²) in [7, 11) is 1.29. The van der Waals surface area contributed by atoms with Crippen molar-refractivity contribution in [1.82, 2.24) is 5.32 Å². The van der Waals surface area contributed by atoms with E-state index in [2.05, 4.69) is 5.32 Å². The summed E-state index contributed by atoms with van der Waals surface area (Å²) in [6.07, 6.45) is 0. The van der Waals surface area contributed by atoms with E-state index in [0.29, 0.717) is 17.0 Å². The van der Waals surface area contributed by atoms with Gasteiger partial charge in [0, 0.05) is 11.4 Å². The zero-order valence-corrected chi connectivity index (χ0v) is 12.1. The smallest absolute Gasteiger partial charge is 0.336 e. The van der Waals surface area contributed by atoms with Crippen molar-refractivity contribution in [2.45, 2.75) is 19.8 Å². The number of carbonyl (C=O) groups excluding carboxylic acids is 1. The highest BCUT2D eigenvalue weighted by Gasteiger charge is 2.36. The third-order valence-electron chi connectivity index (χ3n) is 3.53. The predicted octanol–water partition coefficient (Wildman–Crippen LogP) is 2.18. The van der Waals surface area contributed by atoms with Crippen molar-refractivity contribution in [1.29, 1.82) is 0 Å². The van der Waals surface area contributed by atoms with Gasteiger partial charge < -0.3 is 15.2 Å². The van der Waals surface area contributed by atoms with Gasteiger partial charge in [-0.3, -0.25) is 0 Å². The van der Waals surface area contributed by atoms with Gasteiger partial charge in [-0.1, -0.05) is 30.3 Å². The zero-order valence-electron chi connectivity index (χ0n) is 12.1. The summed E-state index contributed by atoms with van der Waals surface area (Å²) >= 11 is 0. The Bertz CT molecular complexity index is 644. The van der Waals surface area contributed by atoms with Crippen molar-refractivity contribution in [2.75, 3.05) is 7.11 Å². The van der Waals surface area contributed by atoms with E-state index in [-0.39, 0.29) is 5.57 Å². The van der Waals surface area contributed by atoms with Crippen LogP contribution >= 0.6 is 0 Å². The van der Waals surface area contributed by atoms with Gasteiger partial charge in [0.05, 0.1) is 24.2 Å². The SMILES string of the molecule is COC(=O)C1=C(C)NC(C)=C(C(=O)O)[C@H]1c1ccccc1. The van der Waals surface area contributed by atoms with Crippen LogP contribution in [0, 0.1) is 0 Å². The molecule has 0 spiro atoms. The number of carboxylic acids is 1. The molecular formula is C16H17NO4. The van der Waals surface area contributed by atoms with Crippen LogP contribution in [0.1, 0.15) is 25.3 Å². The number of carboxylic acid groups (broad SMARTS) is 1. The minimum absolute atomic E-state index is 0.159. The molecule has 1 aliphatic heterocycles. The lowest BCUT2D eigenvalue weighted by molar-refractivity contribution is -0.136. The second kappa shape index (κ2) is 5.83. The number of nitrogens with one attached hydrogen (secondary N) is 1. The number of aliphatic carboxylic acids is 1. The molecular weight excluding hydrogens is 270 g/mol. The molecule has 1 heterocycles. The molecule has 0 aliphatic carbocycles. The van der Waals surface area contributed by atoms with Gasteiger partial charge in [-0.25, -0.2) is 9.59 Å². The lowest BCUT2D eigenvalue weighted by Crippen LogP contribution is -2.31. The topological polar surface area (TPSA) is 75.6 Å². The van der Waals surface area contributed by atoms with E-state index in [4.69, 9.17) is 4.74 Å². The number of carbonyl (C=O) groups is 2. The first-order valence-electron chi connectivity index (χ1n) is 6.52. The largest absolute Gasteiger partial charge is 0.478 e. The molecule has 5 nitrogen and oxygen atoms in total. The minimum atomic E-state index is -1.05. The molecule has 0 fully saturated rings. The van der Waals surface area contributed by atoms with Crippen LogP contribution < -0.4 is 5.32 Å². The minimum Gasteiger partial charge on any atom is -0.478 e. The van der Waals surface area contributed by atoms with Crippen molar-refractivity contribution >= 4 is 11.9 Å². The molecule has 0 bridgehead atoms. The number of hydrogen-bond donors (Lipinski definition) is 2. The van der Waals surface area contributed by atoms with Crippen LogP contribution in [0.25, 0.3) is 0 Å². The number of allylic oxidation sites excluding steroid dienone is 2. The van der Waals surface area contributed by atoms with Gasteiger partial charge in [-0.2, -0.15) is 0 Å². The first kappa shape index (κ1) is 14.8. The molecule has 0 aromatic heterocycles. The first-order chi connectivity index (χ1) is 9.97. The third-order valence-corrected chi connectivity index (χ3v) is 3.53. The van der Waals surface area contributed by atoms with Crippen LogP contribution in [-0.4, -0.2) is 24.2 Å². The second-order valence-corrected chi connectivity index (χ2v) is 4.84. The maximum absolute atomic E-state index is 12.1. The van der Waals surface area contributed by atoms with Crippen LogP contribution in [0.15, 0.2) is 52.9 Å². The van der Waals surface area contributed by atoms with E-state index in [1.165, 1.54) is 7.11 Å². The van der Waals surface area contributed by atoms with Crippen molar-refractivity contribution in [3.63, 3.8) is 0 Å². The summed E-state index contributed by atoms with van der Waals surface area (Å²) in [4.78, 5) is 23.7. The van der Waals surface area contributed by atoms with Gasteiger partial charge in [0.1, 0.15) is 0 Å². The lowest BCUT2D eigenvalue weighted by Gasteiger charge is -2.29. The summed E-state index contributed by atoms with van der Waals surface area (Å²) in [5.74, 6) is -2.22. The number of methoxy groups -OCH3 is 1. The molecule has 1 atom stereocenters. The van der Waals surface area contributed by atoms with Crippen LogP contribution in [0.5, 0.6) is 0 Å². The molecule has 2 N–H and O–H groups in total.